The molecule has 0 spiro atoms. The second kappa shape index (κ2) is 5.43. The Morgan fingerprint density at radius 1 is 1.17 bits per heavy atom. The van der Waals surface area contributed by atoms with E-state index in [-0.39, 0.29) is 0 Å². The number of hydrogen-bond acceptors (Lipinski definition) is 2. The number of aromatic nitrogens is 2. The van der Waals surface area contributed by atoms with Crippen molar-refractivity contribution in [1.29, 1.82) is 0 Å². The van der Waals surface area contributed by atoms with Crippen LogP contribution in [0.5, 0.6) is 0 Å². The first-order valence-corrected chi connectivity index (χ1v) is 7.62. The van der Waals surface area contributed by atoms with Crippen LogP contribution in [-0.2, 0) is 6.42 Å². The summed E-state index contributed by atoms with van der Waals surface area (Å²) >= 11 is 0. The zero-order chi connectivity index (χ0) is 12.4. The highest BCUT2D eigenvalue weighted by molar-refractivity contribution is 5.03. The van der Waals surface area contributed by atoms with E-state index < -0.39 is 0 Å². The third-order valence-corrected chi connectivity index (χ3v) is 4.81. The zero-order valence-electron chi connectivity index (χ0n) is 11.2. The van der Waals surface area contributed by atoms with Crippen LogP contribution in [0.1, 0.15) is 63.1 Å². The highest BCUT2D eigenvalue weighted by Gasteiger charge is 2.23. The SMILES string of the molecule is NC(Cc1ccn(C2CCCC2)n1)C1CCCC1. The molecule has 1 unspecified atom stereocenters. The lowest BCUT2D eigenvalue weighted by molar-refractivity contribution is 0.418. The van der Waals surface area contributed by atoms with E-state index >= 15 is 0 Å². The van der Waals surface area contributed by atoms with Crippen LogP contribution in [0.2, 0.25) is 0 Å². The fourth-order valence-electron chi connectivity index (χ4n) is 3.65. The van der Waals surface area contributed by atoms with Gasteiger partial charge in [0.1, 0.15) is 0 Å². The summed E-state index contributed by atoms with van der Waals surface area (Å²) in [6.45, 7) is 0. The van der Waals surface area contributed by atoms with Crippen molar-refractivity contribution in [2.24, 2.45) is 11.7 Å². The molecule has 18 heavy (non-hydrogen) atoms. The quantitative estimate of drug-likeness (QED) is 0.888. The number of rotatable bonds is 4. The molecule has 3 nitrogen and oxygen atoms in total. The number of nitrogens with zero attached hydrogens (tertiary/aromatic N) is 2. The summed E-state index contributed by atoms with van der Waals surface area (Å²) in [7, 11) is 0. The minimum atomic E-state index is 0.319. The van der Waals surface area contributed by atoms with Crippen molar-refractivity contribution in [2.45, 2.75) is 69.9 Å². The third kappa shape index (κ3) is 2.61. The monoisotopic (exact) mass is 247 g/mol. The van der Waals surface area contributed by atoms with E-state index in [0.29, 0.717) is 12.1 Å². The van der Waals surface area contributed by atoms with Crippen LogP contribution < -0.4 is 5.73 Å². The van der Waals surface area contributed by atoms with E-state index in [4.69, 9.17) is 10.8 Å². The Hall–Kier alpha value is -0.830. The molecule has 3 heteroatoms. The minimum absolute atomic E-state index is 0.319. The molecule has 1 aromatic rings. The van der Waals surface area contributed by atoms with Crippen molar-refractivity contribution >= 4 is 0 Å². The molecule has 1 aromatic heterocycles. The molecule has 1 heterocycles. The van der Waals surface area contributed by atoms with Gasteiger partial charge in [0, 0.05) is 18.7 Å². The van der Waals surface area contributed by atoms with Crippen LogP contribution in [0.3, 0.4) is 0 Å². The van der Waals surface area contributed by atoms with Crippen LogP contribution in [0, 0.1) is 5.92 Å². The second-order valence-electron chi connectivity index (χ2n) is 6.14. The Morgan fingerprint density at radius 2 is 1.83 bits per heavy atom. The summed E-state index contributed by atoms with van der Waals surface area (Å²) in [5.41, 5.74) is 7.52. The molecule has 2 saturated carbocycles. The lowest BCUT2D eigenvalue weighted by atomic mass is 9.95. The van der Waals surface area contributed by atoms with Crippen molar-refractivity contribution < 1.29 is 0 Å². The average Bonchev–Trinajstić information content (AvgIpc) is 3.12. The standard InChI is InChI=1S/C15H25N3/c16-15(12-5-1-2-6-12)11-13-9-10-18(17-13)14-7-3-4-8-14/h9-10,12,14-15H,1-8,11,16H2. The molecule has 0 radical (unpaired) electrons. The molecule has 100 valence electrons. The molecule has 0 amide bonds. The highest BCUT2D eigenvalue weighted by Crippen LogP contribution is 2.30. The van der Waals surface area contributed by atoms with Crippen LogP contribution in [-0.4, -0.2) is 15.8 Å². The van der Waals surface area contributed by atoms with Crippen LogP contribution in [0.4, 0.5) is 0 Å². The molecular weight excluding hydrogens is 222 g/mol. The zero-order valence-corrected chi connectivity index (χ0v) is 11.2. The van der Waals surface area contributed by atoms with Crippen molar-refractivity contribution in [3.63, 3.8) is 0 Å². The van der Waals surface area contributed by atoms with Gasteiger partial charge >= 0.3 is 0 Å². The second-order valence-corrected chi connectivity index (χ2v) is 6.14. The normalized spacial score (nSPS) is 23.8. The Bertz CT molecular complexity index is 373. The highest BCUT2D eigenvalue weighted by atomic mass is 15.3. The topological polar surface area (TPSA) is 43.8 Å². The maximum absolute atomic E-state index is 6.32. The van der Waals surface area contributed by atoms with Gasteiger partial charge in [-0.15, -0.1) is 0 Å². The lowest BCUT2D eigenvalue weighted by Gasteiger charge is -2.17. The molecule has 0 bridgehead atoms. The molecule has 2 aliphatic rings. The van der Waals surface area contributed by atoms with Gasteiger partial charge in [-0.1, -0.05) is 25.7 Å². The smallest absolute Gasteiger partial charge is 0.0640 e. The van der Waals surface area contributed by atoms with Crippen molar-refractivity contribution in [3.05, 3.63) is 18.0 Å². The first-order valence-electron chi connectivity index (χ1n) is 7.62. The van der Waals surface area contributed by atoms with Gasteiger partial charge in [0.2, 0.25) is 0 Å². The summed E-state index contributed by atoms with van der Waals surface area (Å²) in [6.07, 6.45) is 13.8. The van der Waals surface area contributed by atoms with Gasteiger partial charge in [-0.2, -0.15) is 5.10 Å². The Balaban J connectivity index is 1.58. The summed E-state index contributed by atoms with van der Waals surface area (Å²) in [4.78, 5) is 0. The summed E-state index contributed by atoms with van der Waals surface area (Å²) in [5, 5.41) is 4.74. The van der Waals surface area contributed by atoms with Gasteiger partial charge in [0.15, 0.2) is 0 Å². The van der Waals surface area contributed by atoms with E-state index in [1.807, 2.05) is 0 Å². The first-order chi connectivity index (χ1) is 8.83. The molecular formula is C15H25N3. The molecule has 2 aliphatic carbocycles. The molecule has 0 aromatic carbocycles. The Kier molecular flexibility index (Phi) is 3.69. The van der Waals surface area contributed by atoms with Gasteiger partial charge in [0.25, 0.3) is 0 Å². The lowest BCUT2D eigenvalue weighted by Crippen LogP contribution is -2.30. The number of nitrogens with two attached hydrogens (primary N) is 1. The van der Waals surface area contributed by atoms with E-state index in [1.165, 1.54) is 57.1 Å². The maximum Gasteiger partial charge on any atom is 0.0640 e. The largest absolute Gasteiger partial charge is 0.327 e. The Labute approximate surface area is 110 Å². The predicted octanol–water partition coefficient (Wildman–Crippen LogP) is 3.06. The fraction of sp³-hybridized carbons (Fsp3) is 0.800. The molecule has 1 atom stereocenters. The van der Waals surface area contributed by atoms with Crippen LogP contribution >= 0.6 is 0 Å². The maximum atomic E-state index is 6.32. The average molecular weight is 247 g/mol. The van der Waals surface area contributed by atoms with Gasteiger partial charge in [0.05, 0.1) is 11.7 Å². The van der Waals surface area contributed by atoms with Gasteiger partial charge in [-0.3, -0.25) is 4.68 Å². The predicted molar refractivity (Wildman–Crippen MR) is 73.4 cm³/mol. The van der Waals surface area contributed by atoms with Crippen LogP contribution in [0.15, 0.2) is 12.3 Å². The van der Waals surface area contributed by atoms with Crippen molar-refractivity contribution in [1.82, 2.24) is 9.78 Å². The van der Waals surface area contributed by atoms with Crippen molar-refractivity contribution in [2.75, 3.05) is 0 Å². The Morgan fingerprint density at radius 3 is 2.56 bits per heavy atom. The van der Waals surface area contributed by atoms with E-state index in [1.54, 1.807) is 0 Å². The minimum Gasteiger partial charge on any atom is -0.327 e. The molecule has 3 rings (SSSR count). The molecule has 2 fully saturated rings. The first kappa shape index (κ1) is 12.2. The summed E-state index contributed by atoms with van der Waals surface area (Å²) < 4.78 is 2.18. The van der Waals surface area contributed by atoms with E-state index in [0.717, 1.165) is 12.3 Å². The fourth-order valence-corrected chi connectivity index (χ4v) is 3.65. The molecule has 0 aliphatic heterocycles. The number of hydrogen-bond donors (Lipinski definition) is 1. The molecule has 0 saturated heterocycles. The van der Waals surface area contributed by atoms with E-state index in [9.17, 15) is 0 Å². The molecule has 2 N–H and O–H groups in total. The summed E-state index contributed by atoms with van der Waals surface area (Å²) in [5.74, 6) is 0.738. The van der Waals surface area contributed by atoms with Gasteiger partial charge < -0.3 is 5.73 Å². The van der Waals surface area contributed by atoms with Gasteiger partial charge in [-0.05, 0) is 37.7 Å². The van der Waals surface area contributed by atoms with E-state index in [2.05, 4.69) is 16.9 Å². The summed E-state index contributed by atoms with van der Waals surface area (Å²) in [6, 6.07) is 3.15. The van der Waals surface area contributed by atoms with Gasteiger partial charge in [-0.25, -0.2) is 0 Å². The van der Waals surface area contributed by atoms with Crippen LogP contribution in [0.25, 0.3) is 0 Å². The van der Waals surface area contributed by atoms with Crippen molar-refractivity contribution in [3.8, 4) is 0 Å². The third-order valence-electron chi connectivity index (χ3n) is 4.81.